The minimum absolute atomic E-state index is 0.277. The number of alkyl halides is 3. The number of carbonyl (C=O) groups excluding carboxylic acids is 1. The van der Waals surface area contributed by atoms with Crippen molar-refractivity contribution in [3.8, 4) is 17.2 Å². The van der Waals surface area contributed by atoms with Crippen LogP contribution in [0.25, 0.3) is 5.69 Å². The molecule has 2 aromatic carbocycles. The number of hydrogen-bond acceptors (Lipinski definition) is 4. The molecular weight excluding hydrogens is 411 g/mol. The first kappa shape index (κ1) is 22.2. The van der Waals surface area contributed by atoms with Crippen LogP contribution in [0.15, 0.2) is 54.7 Å². The maximum absolute atomic E-state index is 12.7. The number of amides is 1. The molecule has 9 heteroatoms. The Bertz CT molecular complexity index is 1030. The topological polar surface area (TPSA) is 65.4 Å². The third-order valence-electron chi connectivity index (χ3n) is 4.42. The van der Waals surface area contributed by atoms with Crippen molar-refractivity contribution < 1.29 is 27.4 Å². The molecule has 31 heavy (non-hydrogen) atoms. The number of methoxy groups -OCH3 is 1. The number of ether oxygens (including phenoxy) is 2. The minimum Gasteiger partial charge on any atom is -0.493 e. The second-order valence-corrected chi connectivity index (χ2v) is 6.71. The first-order chi connectivity index (χ1) is 14.8. The van der Waals surface area contributed by atoms with E-state index in [1.165, 1.54) is 30.5 Å². The van der Waals surface area contributed by atoms with Crippen molar-refractivity contribution in [3.63, 3.8) is 0 Å². The lowest BCUT2D eigenvalue weighted by atomic mass is 10.1. The van der Waals surface area contributed by atoms with Crippen LogP contribution in [0.4, 0.5) is 13.2 Å². The molecule has 1 heterocycles. The average Bonchev–Trinajstić information content (AvgIpc) is 3.27. The van der Waals surface area contributed by atoms with Gasteiger partial charge in [0.1, 0.15) is 0 Å². The molecule has 1 amide bonds. The average molecular weight is 433 g/mol. The van der Waals surface area contributed by atoms with Gasteiger partial charge in [0.25, 0.3) is 5.91 Å². The Morgan fingerprint density at radius 2 is 1.84 bits per heavy atom. The molecule has 3 rings (SSSR count). The highest BCUT2D eigenvalue weighted by molar-refractivity contribution is 5.94. The Morgan fingerprint density at radius 1 is 1.10 bits per heavy atom. The standard InChI is InChI=1S/C22H22F3N3O3/c1-3-12-31-18-9-4-15(13-19(18)30-2)14-26-21(29)16-5-7-17(8-6-16)28-11-10-20(27-28)22(23,24)25/h4-11,13H,3,12,14H2,1-2H3,(H,26,29). The normalized spacial score (nSPS) is 11.3. The van der Waals surface area contributed by atoms with Crippen LogP contribution in [0.2, 0.25) is 0 Å². The number of rotatable bonds is 8. The quantitative estimate of drug-likeness (QED) is 0.563. The number of nitrogens with zero attached hydrogens (tertiary/aromatic N) is 2. The Balaban J connectivity index is 1.63. The van der Waals surface area contributed by atoms with Crippen molar-refractivity contribution in [1.29, 1.82) is 0 Å². The number of aromatic nitrogens is 2. The summed E-state index contributed by atoms with van der Waals surface area (Å²) < 4.78 is 50.1. The lowest BCUT2D eigenvalue weighted by Crippen LogP contribution is -2.22. The monoisotopic (exact) mass is 433 g/mol. The fraction of sp³-hybridized carbons (Fsp3) is 0.273. The smallest absolute Gasteiger partial charge is 0.435 e. The Hall–Kier alpha value is -3.49. The van der Waals surface area contributed by atoms with E-state index in [4.69, 9.17) is 9.47 Å². The van der Waals surface area contributed by atoms with Crippen LogP contribution < -0.4 is 14.8 Å². The zero-order valence-electron chi connectivity index (χ0n) is 17.1. The second kappa shape index (κ2) is 9.55. The van der Waals surface area contributed by atoms with Crippen LogP contribution in [0.3, 0.4) is 0 Å². The summed E-state index contributed by atoms with van der Waals surface area (Å²) in [5, 5.41) is 6.32. The van der Waals surface area contributed by atoms with Crippen molar-refractivity contribution >= 4 is 5.91 Å². The van der Waals surface area contributed by atoms with E-state index in [0.717, 1.165) is 22.7 Å². The largest absolute Gasteiger partial charge is 0.493 e. The zero-order valence-corrected chi connectivity index (χ0v) is 17.1. The number of nitrogens with one attached hydrogen (secondary N) is 1. The lowest BCUT2D eigenvalue weighted by Gasteiger charge is -2.12. The van der Waals surface area contributed by atoms with Gasteiger partial charge >= 0.3 is 6.18 Å². The van der Waals surface area contributed by atoms with Gasteiger partial charge in [-0.1, -0.05) is 13.0 Å². The van der Waals surface area contributed by atoms with Crippen molar-refractivity contribution in [1.82, 2.24) is 15.1 Å². The SMILES string of the molecule is CCCOc1ccc(CNC(=O)c2ccc(-n3ccc(C(F)(F)F)n3)cc2)cc1OC. The first-order valence-corrected chi connectivity index (χ1v) is 9.63. The van der Waals surface area contributed by atoms with Gasteiger partial charge < -0.3 is 14.8 Å². The predicted molar refractivity (Wildman–Crippen MR) is 109 cm³/mol. The van der Waals surface area contributed by atoms with Crippen molar-refractivity contribution in [2.24, 2.45) is 0 Å². The fourth-order valence-electron chi connectivity index (χ4n) is 2.82. The molecule has 164 valence electrons. The molecular formula is C22H22F3N3O3. The second-order valence-electron chi connectivity index (χ2n) is 6.71. The molecule has 6 nitrogen and oxygen atoms in total. The Labute approximate surface area is 177 Å². The van der Waals surface area contributed by atoms with Gasteiger partial charge in [-0.15, -0.1) is 0 Å². The van der Waals surface area contributed by atoms with E-state index in [0.29, 0.717) is 29.4 Å². The molecule has 0 aliphatic carbocycles. The third kappa shape index (κ3) is 5.56. The molecule has 0 unspecified atom stereocenters. The molecule has 0 saturated carbocycles. The summed E-state index contributed by atoms with van der Waals surface area (Å²) in [7, 11) is 1.55. The first-order valence-electron chi connectivity index (χ1n) is 9.63. The summed E-state index contributed by atoms with van der Waals surface area (Å²) in [6.45, 7) is 2.87. The van der Waals surface area contributed by atoms with Crippen LogP contribution in [-0.4, -0.2) is 29.4 Å². The summed E-state index contributed by atoms with van der Waals surface area (Å²) in [5.41, 5.74) is 0.652. The van der Waals surface area contributed by atoms with Gasteiger partial charge in [0.05, 0.1) is 19.4 Å². The number of carbonyl (C=O) groups is 1. The zero-order chi connectivity index (χ0) is 22.4. The van der Waals surface area contributed by atoms with Gasteiger partial charge in [-0.2, -0.15) is 18.3 Å². The molecule has 0 spiro atoms. The lowest BCUT2D eigenvalue weighted by molar-refractivity contribution is -0.141. The molecule has 0 aliphatic heterocycles. The van der Waals surface area contributed by atoms with E-state index in [-0.39, 0.29) is 12.5 Å². The highest BCUT2D eigenvalue weighted by Gasteiger charge is 2.33. The van der Waals surface area contributed by atoms with Gasteiger partial charge in [-0.05, 0) is 54.4 Å². The maximum atomic E-state index is 12.7. The predicted octanol–water partition coefficient (Wildman–Crippen LogP) is 4.62. The van der Waals surface area contributed by atoms with E-state index in [1.807, 2.05) is 13.0 Å². The summed E-state index contributed by atoms with van der Waals surface area (Å²) >= 11 is 0. The Kier molecular flexibility index (Phi) is 6.84. The number of halogens is 3. The molecule has 0 saturated heterocycles. The summed E-state index contributed by atoms with van der Waals surface area (Å²) in [4.78, 5) is 12.4. The van der Waals surface area contributed by atoms with Crippen LogP contribution >= 0.6 is 0 Å². The van der Waals surface area contributed by atoms with Crippen molar-refractivity contribution in [2.45, 2.75) is 26.1 Å². The summed E-state index contributed by atoms with van der Waals surface area (Å²) in [6.07, 6.45) is -2.41. The fourth-order valence-corrected chi connectivity index (χ4v) is 2.82. The Morgan fingerprint density at radius 3 is 2.45 bits per heavy atom. The van der Waals surface area contributed by atoms with E-state index in [2.05, 4.69) is 10.4 Å². The van der Waals surface area contributed by atoms with Gasteiger partial charge in [0, 0.05) is 18.3 Å². The van der Waals surface area contributed by atoms with Gasteiger partial charge in [0.2, 0.25) is 0 Å². The molecule has 0 bridgehead atoms. The van der Waals surface area contributed by atoms with E-state index in [1.54, 1.807) is 19.2 Å². The minimum atomic E-state index is -4.51. The number of hydrogen-bond donors (Lipinski definition) is 1. The van der Waals surface area contributed by atoms with Crippen LogP contribution in [0, 0.1) is 0 Å². The maximum Gasteiger partial charge on any atom is 0.435 e. The van der Waals surface area contributed by atoms with Crippen LogP contribution in [-0.2, 0) is 12.7 Å². The summed E-state index contributed by atoms with van der Waals surface area (Å²) in [5.74, 6) is 0.914. The van der Waals surface area contributed by atoms with Gasteiger partial charge in [-0.3, -0.25) is 4.79 Å². The highest BCUT2D eigenvalue weighted by atomic mass is 19.4. The van der Waals surface area contributed by atoms with Crippen LogP contribution in [0.5, 0.6) is 11.5 Å². The van der Waals surface area contributed by atoms with E-state index in [9.17, 15) is 18.0 Å². The molecule has 1 N–H and O–H groups in total. The summed E-state index contributed by atoms with van der Waals surface area (Å²) in [6, 6.07) is 12.5. The highest BCUT2D eigenvalue weighted by Crippen LogP contribution is 2.29. The molecule has 0 fully saturated rings. The third-order valence-corrected chi connectivity index (χ3v) is 4.42. The molecule has 0 atom stereocenters. The van der Waals surface area contributed by atoms with Crippen LogP contribution in [0.1, 0.15) is 35.0 Å². The van der Waals surface area contributed by atoms with Gasteiger partial charge in [0.15, 0.2) is 17.2 Å². The molecule has 0 radical (unpaired) electrons. The molecule has 0 aliphatic rings. The van der Waals surface area contributed by atoms with Gasteiger partial charge in [-0.25, -0.2) is 4.68 Å². The molecule has 3 aromatic rings. The number of benzene rings is 2. The molecule has 1 aromatic heterocycles. The van der Waals surface area contributed by atoms with E-state index < -0.39 is 11.9 Å². The van der Waals surface area contributed by atoms with E-state index >= 15 is 0 Å². The van der Waals surface area contributed by atoms with Crippen molar-refractivity contribution in [2.75, 3.05) is 13.7 Å². The van der Waals surface area contributed by atoms with Crippen molar-refractivity contribution in [3.05, 3.63) is 71.5 Å².